The highest BCUT2D eigenvalue weighted by Crippen LogP contribution is 2.35. The van der Waals surface area contributed by atoms with Crippen LogP contribution in [0.4, 0.5) is 5.69 Å². The molecule has 0 atom stereocenters. The fraction of sp³-hybridized carbons (Fsp3) is 0. The molecule has 23 heavy (non-hydrogen) atoms. The fourth-order valence-electron chi connectivity index (χ4n) is 2.08. The second-order valence-electron chi connectivity index (χ2n) is 4.69. The number of nitrogens with one attached hydrogen (secondary N) is 2. The van der Waals surface area contributed by atoms with E-state index in [0.717, 1.165) is 10.1 Å². The SMILES string of the molecule is Cl.N=C(N)c1ccc(NC(=O)c2sc3ccccc3c2Cl)cc1. The summed E-state index contributed by atoms with van der Waals surface area (Å²) in [7, 11) is 0. The second-order valence-corrected chi connectivity index (χ2v) is 6.12. The van der Waals surface area contributed by atoms with E-state index in [1.54, 1.807) is 24.3 Å². The third-order valence-corrected chi connectivity index (χ3v) is 4.87. The highest BCUT2D eigenvalue weighted by Gasteiger charge is 2.16. The van der Waals surface area contributed by atoms with Crippen molar-refractivity contribution in [2.24, 2.45) is 5.73 Å². The van der Waals surface area contributed by atoms with Crippen LogP contribution in [0.2, 0.25) is 5.02 Å². The summed E-state index contributed by atoms with van der Waals surface area (Å²) >= 11 is 7.65. The number of rotatable bonds is 3. The minimum absolute atomic E-state index is 0. The molecule has 0 fully saturated rings. The Morgan fingerprint density at radius 2 is 1.78 bits per heavy atom. The van der Waals surface area contributed by atoms with Gasteiger partial charge >= 0.3 is 0 Å². The van der Waals surface area contributed by atoms with E-state index in [1.807, 2.05) is 24.3 Å². The average Bonchev–Trinajstić information content (AvgIpc) is 2.85. The topological polar surface area (TPSA) is 79.0 Å². The first-order chi connectivity index (χ1) is 10.6. The molecule has 7 heteroatoms. The van der Waals surface area contributed by atoms with Gasteiger partial charge in [0.05, 0.1) is 5.02 Å². The van der Waals surface area contributed by atoms with Crippen LogP contribution in [-0.4, -0.2) is 11.7 Å². The van der Waals surface area contributed by atoms with E-state index in [2.05, 4.69) is 5.32 Å². The molecule has 1 heterocycles. The molecule has 1 aromatic heterocycles. The van der Waals surface area contributed by atoms with Gasteiger partial charge in [0.15, 0.2) is 0 Å². The number of thiophene rings is 1. The Labute approximate surface area is 148 Å². The van der Waals surface area contributed by atoms with Crippen LogP contribution < -0.4 is 11.1 Å². The Kier molecular flexibility index (Phi) is 5.26. The highest BCUT2D eigenvalue weighted by molar-refractivity contribution is 7.21. The number of nitrogen functional groups attached to an aromatic ring is 1. The highest BCUT2D eigenvalue weighted by atomic mass is 35.5. The maximum Gasteiger partial charge on any atom is 0.267 e. The Hall–Kier alpha value is -2.08. The number of hydrogen-bond acceptors (Lipinski definition) is 3. The van der Waals surface area contributed by atoms with Gasteiger partial charge in [0.1, 0.15) is 10.7 Å². The van der Waals surface area contributed by atoms with E-state index >= 15 is 0 Å². The summed E-state index contributed by atoms with van der Waals surface area (Å²) in [4.78, 5) is 12.9. The number of amidine groups is 1. The lowest BCUT2D eigenvalue weighted by atomic mass is 10.2. The molecule has 0 radical (unpaired) electrons. The van der Waals surface area contributed by atoms with Crippen molar-refractivity contribution in [3.8, 4) is 0 Å². The van der Waals surface area contributed by atoms with Gasteiger partial charge in [-0.25, -0.2) is 0 Å². The first-order valence-electron chi connectivity index (χ1n) is 6.49. The third kappa shape index (κ3) is 3.47. The summed E-state index contributed by atoms with van der Waals surface area (Å²) in [6.07, 6.45) is 0. The molecule has 2 aromatic carbocycles. The minimum Gasteiger partial charge on any atom is -0.384 e. The molecule has 3 rings (SSSR count). The summed E-state index contributed by atoms with van der Waals surface area (Å²) in [5, 5.41) is 11.5. The predicted octanol–water partition coefficient (Wildman–Crippen LogP) is 4.51. The van der Waals surface area contributed by atoms with Gasteiger partial charge in [0.25, 0.3) is 5.91 Å². The molecule has 0 aliphatic heterocycles. The van der Waals surface area contributed by atoms with E-state index < -0.39 is 0 Å². The van der Waals surface area contributed by atoms with Gasteiger partial charge in [0, 0.05) is 21.3 Å². The molecule has 0 spiro atoms. The van der Waals surface area contributed by atoms with Crippen LogP contribution >= 0.6 is 35.3 Å². The fourth-order valence-corrected chi connectivity index (χ4v) is 3.49. The zero-order chi connectivity index (χ0) is 15.7. The monoisotopic (exact) mass is 365 g/mol. The molecule has 3 aromatic rings. The molecule has 4 N–H and O–H groups in total. The van der Waals surface area contributed by atoms with Crippen molar-refractivity contribution in [1.82, 2.24) is 0 Å². The molecule has 0 bridgehead atoms. The number of hydrogen-bond donors (Lipinski definition) is 3. The number of amides is 1. The van der Waals surface area contributed by atoms with Crippen molar-refractivity contribution < 1.29 is 4.79 Å². The van der Waals surface area contributed by atoms with E-state index in [4.69, 9.17) is 22.7 Å². The third-order valence-electron chi connectivity index (χ3n) is 3.19. The summed E-state index contributed by atoms with van der Waals surface area (Å²) in [5.41, 5.74) is 6.64. The van der Waals surface area contributed by atoms with Gasteiger partial charge in [-0.05, 0) is 30.3 Å². The van der Waals surface area contributed by atoms with Crippen LogP contribution in [0.1, 0.15) is 15.2 Å². The molecular weight excluding hydrogens is 353 g/mol. The minimum atomic E-state index is -0.248. The number of halogens is 2. The van der Waals surface area contributed by atoms with Crippen LogP contribution in [0.3, 0.4) is 0 Å². The normalized spacial score (nSPS) is 10.1. The molecule has 0 unspecified atom stereocenters. The Morgan fingerprint density at radius 1 is 1.13 bits per heavy atom. The standard InChI is InChI=1S/C16H12ClN3OS.ClH/c17-13-11-3-1-2-4-12(11)22-14(13)16(21)20-10-7-5-9(6-8-10)15(18)19;/h1-8H,(H3,18,19)(H,20,21);1H. The summed E-state index contributed by atoms with van der Waals surface area (Å²) in [5.74, 6) is -0.257. The molecule has 0 aliphatic rings. The second kappa shape index (κ2) is 7.00. The maximum atomic E-state index is 12.4. The summed E-state index contributed by atoms with van der Waals surface area (Å²) < 4.78 is 0.976. The lowest BCUT2D eigenvalue weighted by Crippen LogP contribution is -2.12. The number of nitrogens with two attached hydrogens (primary N) is 1. The Morgan fingerprint density at radius 3 is 2.39 bits per heavy atom. The molecule has 0 saturated heterocycles. The van der Waals surface area contributed by atoms with Crippen molar-refractivity contribution >= 4 is 62.9 Å². The molecular formula is C16H13Cl2N3OS. The van der Waals surface area contributed by atoms with Crippen LogP contribution in [0, 0.1) is 5.41 Å². The zero-order valence-corrected chi connectivity index (χ0v) is 14.2. The van der Waals surface area contributed by atoms with Crippen LogP contribution in [0.15, 0.2) is 48.5 Å². The van der Waals surface area contributed by atoms with E-state index in [1.165, 1.54) is 11.3 Å². The van der Waals surface area contributed by atoms with Crippen molar-refractivity contribution in [2.45, 2.75) is 0 Å². The smallest absolute Gasteiger partial charge is 0.267 e. The quantitative estimate of drug-likeness (QED) is 0.471. The van der Waals surface area contributed by atoms with Gasteiger partial charge in [-0.3, -0.25) is 10.2 Å². The molecule has 0 saturated carbocycles. The van der Waals surface area contributed by atoms with Crippen LogP contribution in [-0.2, 0) is 0 Å². The van der Waals surface area contributed by atoms with Crippen LogP contribution in [0.25, 0.3) is 10.1 Å². The van der Waals surface area contributed by atoms with Gasteiger partial charge in [-0.15, -0.1) is 23.7 Å². The van der Waals surface area contributed by atoms with Crippen molar-refractivity contribution in [1.29, 1.82) is 5.41 Å². The number of fused-ring (bicyclic) bond motifs is 1. The van der Waals surface area contributed by atoms with Crippen molar-refractivity contribution in [3.63, 3.8) is 0 Å². The first kappa shape index (κ1) is 17.3. The molecule has 4 nitrogen and oxygen atoms in total. The Bertz CT molecular complexity index is 875. The van der Waals surface area contributed by atoms with Crippen molar-refractivity contribution in [2.75, 3.05) is 5.32 Å². The first-order valence-corrected chi connectivity index (χ1v) is 7.68. The van der Waals surface area contributed by atoms with E-state index in [9.17, 15) is 4.79 Å². The molecule has 0 aliphatic carbocycles. The number of benzene rings is 2. The number of carbonyl (C=O) groups is 1. The average molecular weight is 366 g/mol. The van der Waals surface area contributed by atoms with E-state index in [0.29, 0.717) is 21.2 Å². The largest absolute Gasteiger partial charge is 0.384 e. The predicted molar refractivity (Wildman–Crippen MR) is 99.5 cm³/mol. The summed E-state index contributed by atoms with van der Waals surface area (Å²) in [6, 6.07) is 14.4. The molecule has 1 amide bonds. The van der Waals surface area contributed by atoms with Gasteiger partial charge in [-0.1, -0.05) is 29.8 Å². The summed E-state index contributed by atoms with van der Waals surface area (Å²) in [6.45, 7) is 0. The van der Waals surface area contributed by atoms with Crippen molar-refractivity contribution in [3.05, 3.63) is 64.0 Å². The number of carbonyl (C=O) groups excluding carboxylic acids is 1. The Balaban J connectivity index is 0.00000192. The van der Waals surface area contributed by atoms with E-state index in [-0.39, 0.29) is 24.1 Å². The van der Waals surface area contributed by atoms with Gasteiger partial charge < -0.3 is 11.1 Å². The van der Waals surface area contributed by atoms with Gasteiger partial charge in [-0.2, -0.15) is 0 Å². The lowest BCUT2D eigenvalue weighted by molar-refractivity contribution is 0.103. The van der Waals surface area contributed by atoms with Gasteiger partial charge in [0.2, 0.25) is 0 Å². The maximum absolute atomic E-state index is 12.4. The molecule has 118 valence electrons. The zero-order valence-electron chi connectivity index (χ0n) is 11.8. The van der Waals surface area contributed by atoms with Crippen LogP contribution in [0.5, 0.6) is 0 Å². The lowest BCUT2D eigenvalue weighted by Gasteiger charge is -2.05. The number of anilines is 1.